The molecule has 0 rings (SSSR count). The van der Waals surface area contributed by atoms with Crippen molar-refractivity contribution in [1.29, 1.82) is 0 Å². The molecule has 0 fully saturated rings. The number of carbonyl (C=O) groups excluding carboxylic acids is 1. The van der Waals surface area contributed by atoms with Crippen LogP contribution in [0.2, 0.25) is 0 Å². The average molecular weight is 187 g/mol. The van der Waals surface area contributed by atoms with Crippen molar-refractivity contribution in [3.05, 3.63) is 0 Å². The van der Waals surface area contributed by atoms with E-state index in [1.54, 1.807) is 13.8 Å². The standard InChI is InChI=1S/C9H17NO3/c1-5-9(3,4)8(13)10-6(2)7(11)12/h6H,5H2,1-4H3,(H,10,13)(H,11,12). The Morgan fingerprint density at radius 1 is 1.46 bits per heavy atom. The molecule has 0 saturated carbocycles. The van der Waals surface area contributed by atoms with Crippen molar-refractivity contribution in [1.82, 2.24) is 5.32 Å². The molecular weight excluding hydrogens is 170 g/mol. The highest BCUT2D eigenvalue weighted by molar-refractivity contribution is 5.86. The first-order valence-corrected chi connectivity index (χ1v) is 4.35. The van der Waals surface area contributed by atoms with E-state index in [-0.39, 0.29) is 5.91 Å². The lowest BCUT2D eigenvalue weighted by Gasteiger charge is -2.22. The molecule has 4 heteroatoms. The van der Waals surface area contributed by atoms with Gasteiger partial charge in [-0.3, -0.25) is 9.59 Å². The predicted molar refractivity (Wildman–Crippen MR) is 49.3 cm³/mol. The van der Waals surface area contributed by atoms with Gasteiger partial charge in [0.05, 0.1) is 0 Å². The van der Waals surface area contributed by atoms with Gasteiger partial charge in [-0.15, -0.1) is 0 Å². The lowest BCUT2D eigenvalue weighted by atomic mass is 9.89. The van der Waals surface area contributed by atoms with Crippen molar-refractivity contribution in [2.24, 2.45) is 5.41 Å². The zero-order valence-corrected chi connectivity index (χ0v) is 8.55. The second-order valence-corrected chi connectivity index (χ2v) is 3.77. The molecule has 2 N–H and O–H groups in total. The van der Waals surface area contributed by atoms with E-state index in [1.807, 2.05) is 6.92 Å². The van der Waals surface area contributed by atoms with E-state index in [9.17, 15) is 9.59 Å². The van der Waals surface area contributed by atoms with Crippen LogP contribution in [-0.2, 0) is 9.59 Å². The number of aliphatic carboxylic acids is 1. The normalized spacial score (nSPS) is 13.5. The van der Waals surface area contributed by atoms with Crippen LogP contribution in [0.15, 0.2) is 0 Å². The molecule has 0 heterocycles. The van der Waals surface area contributed by atoms with E-state index in [1.165, 1.54) is 6.92 Å². The Hall–Kier alpha value is -1.06. The van der Waals surface area contributed by atoms with Crippen LogP contribution in [0.3, 0.4) is 0 Å². The summed E-state index contributed by atoms with van der Waals surface area (Å²) in [5.41, 5.74) is -0.496. The summed E-state index contributed by atoms with van der Waals surface area (Å²) >= 11 is 0. The van der Waals surface area contributed by atoms with Crippen LogP contribution < -0.4 is 5.32 Å². The molecule has 0 spiro atoms. The summed E-state index contributed by atoms with van der Waals surface area (Å²) < 4.78 is 0. The van der Waals surface area contributed by atoms with Crippen molar-refractivity contribution in [3.8, 4) is 0 Å². The van der Waals surface area contributed by atoms with E-state index in [0.717, 1.165) is 0 Å². The van der Waals surface area contributed by atoms with Gasteiger partial charge < -0.3 is 10.4 Å². The quantitative estimate of drug-likeness (QED) is 0.690. The van der Waals surface area contributed by atoms with Crippen LogP contribution in [-0.4, -0.2) is 23.0 Å². The van der Waals surface area contributed by atoms with E-state index in [0.29, 0.717) is 6.42 Å². The monoisotopic (exact) mass is 187 g/mol. The maximum atomic E-state index is 11.4. The number of carboxylic acids is 1. The molecule has 0 aliphatic heterocycles. The first kappa shape index (κ1) is 11.9. The van der Waals surface area contributed by atoms with Crippen molar-refractivity contribution in [2.75, 3.05) is 0 Å². The van der Waals surface area contributed by atoms with E-state index >= 15 is 0 Å². The summed E-state index contributed by atoms with van der Waals surface area (Å²) in [6.07, 6.45) is 0.686. The van der Waals surface area contributed by atoms with Crippen LogP contribution in [0.25, 0.3) is 0 Å². The van der Waals surface area contributed by atoms with Gasteiger partial charge in [0, 0.05) is 5.41 Å². The predicted octanol–water partition coefficient (Wildman–Crippen LogP) is 1.01. The molecular formula is C9H17NO3. The number of hydrogen-bond donors (Lipinski definition) is 2. The lowest BCUT2D eigenvalue weighted by molar-refractivity contribution is -0.143. The molecule has 0 aliphatic rings. The molecule has 1 atom stereocenters. The van der Waals surface area contributed by atoms with Gasteiger partial charge in [-0.05, 0) is 13.3 Å². The molecule has 1 unspecified atom stereocenters. The SMILES string of the molecule is CCC(C)(C)C(=O)NC(C)C(=O)O. The van der Waals surface area contributed by atoms with Gasteiger partial charge in [0.1, 0.15) is 6.04 Å². The largest absolute Gasteiger partial charge is 0.480 e. The topological polar surface area (TPSA) is 66.4 Å². The highest BCUT2D eigenvalue weighted by atomic mass is 16.4. The molecule has 1 amide bonds. The van der Waals surface area contributed by atoms with Gasteiger partial charge in [0.15, 0.2) is 0 Å². The molecule has 4 nitrogen and oxygen atoms in total. The van der Waals surface area contributed by atoms with Gasteiger partial charge in [0.2, 0.25) is 5.91 Å². The molecule has 0 bridgehead atoms. The molecule has 76 valence electrons. The number of nitrogens with one attached hydrogen (secondary N) is 1. The van der Waals surface area contributed by atoms with Gasteiger partial charge in [-0.2, -0.15) is 0 Å². The third-order valence-electron chi connectivity index (χ3n) is 2.22. The molecule has 0 radical (unpaired) electrons. The molecule has 0 aromatic heterocycles. The Morgan fingerprint density at radius 3 is 2.23 bits per heavy atom. The van der Waals surface area contributed by atoms with Crippen molar-refractivity contribution in [3.63, 3.8) is 0 Å². The first-order valence-electron chi connectivity index (χ1n) is 4.35. The van der Waals surface area contributed by atoms with Crippen LogP contribution in [0.1, 0.15) is 34.1 Å². The summed E-state index contributed by atoms with van der Waals surface area (Å²) in [6.45, 7) is 6.92. The molecule has 0 aromatic carbocycles. The number of amides is 1. The van der Waals surface area contributed by atoms with Crippen molar-refractivity contribution < 1.29 is 14.7 Å². The Bertz CT molecular complexity index is 211. The van der Waals surface area contributed by atoms with Gasteiger partial charge in [-0.25, -0.2) is 0 Å². The van der Waals surface area contributed by atoms with Crippen molar-refractivity contribution >= 4 is 11.9 Å². The summed E-state index contributed by atoms with van der Waals surface area (Å²) in [5, 5.41) is 11.0. The fraction of sp³-hybridized carbons (Fsp3) is 0.778. The Kier molecular flexibility index (Phi) is 3.91. The number of rotatable bonds is 4. The minimum absolute atomic E-state index is 0.218. The highest BCUT2D eigenvalue weighted by Crippen LogP contribution is 2.19. The zero-order chi connectivity index (χ0) is 10.6. The lowest BCUT2D eigenvalue weighted by Crippen LogP contribution is -2.44. The summed E-state index contributed by atoms with van der Waals surface area (Å²) in [5.74, 6) is -1.23. The molecule has 0 aliphatic carbocycles. The second-order valence-electron chi connectivity index (χ2n) is 3.77. The first-order chi connectivity index (χ1) is 5.81. The van der Waals surface area contributed by atoms with Crippen LogP contribution in [0.5, 0.6) is 0 Å². The maximum absolute atomic E-state index is 11.4. The van der Waals surface area contributed by atoms with Crippen LogP contribution in [0, 0.1) is 5.41 Å². The number of hydrogen-bond acceptors (Lipinski definition) is 2. The molecule has 0 saturated heterocycles. The Morgan fingerprint density at radius 2 is 1.92 bits per heavy atom. The average Bonchev–Trinajstić information content (AvgIpc) is 2.04. The Labute approximate surface area is 78.3 Å². The van der Waals surface area contributed by atoms with E-state index in [2.05, 4.69) is 5.32 Å². The molecule has 0 aromatic rings. The summed E-state index contributed by atoms with van der Waals surface area (Å²) in [7, 11) is 0. The van der Waals surface area contributed by atoms with Crippen LogP contribution >= 0.6 is 0 Å². The minimum Gasteiger partial charge on any atom is -0.480 e. The highest BCUT2D eigenvalue weighted by Gasteiger charge is 2.27. The third kappa shape index (κ3) is 3.44. The summed E-state index contributed by atoms with van der Waals surface area (Å²) in [4.78, 5) is 21.9. The second kappa shape index (κ2) is 4.25. The van der Waals surface area contributed by atoms with Crippen LogP contribution in [0.4, 0.5) is 0 Å². The summed E-state index contributed by atoms with van der Waals surface area (Å²) in [6, 6.07) is -0.821. The third-order valence-corrected chi connectivity index (χ3v) is 2.22. The zero-order valence-electron chi connectivity index (χ0n) is 8.55. The fourth-order valence-corrected chi connectivity index (χ4v) is 0.614. The van der Waals surface area contributed by atoms with E-state index in [4.69, 9.17) is 5.11 Å². The Balaban J connectivity index is 4.23. The van der Waals surface area contributed by atoms with E-state index < -0.39 is 17.4 Å². The van der Waals surface area contributed by atoms with Crippen molar-refractivity contribution in [2.45, 2.75) is 40.2 Å². The fourth-order valence-electron chi connectivity index (χ4n) is 0.614. The van der Waals surface area contributed by atoms with Gasteiger partial charge in [-0.1, -0.05) is 20.8 Å². The molecule has 13 heavy (non-hydrogen) atoms. The van der Waals surface area contributed by atoms with Gasteiger partial charge >= 0.3 is 5.97 Å². The smallest absolute Gasteiger partial charge is 0.325 e. The number of carboxylic acid groups (broad SMARTS) is 1. The van der Waals surface area contributed by atoms with Gasteiger partial charge in [0.25, 0.3) is 0 Å². The minimum atomic E-state index is -1.01. The number of carbonyl (C=O) groups is 2. The maximum Gasteiger partial charge on any atom is 0.325 e.